The molecule has 2 atom stereocenters. The fourth-order valence-electron chi connectivity index (χ4n) is 5.16. The van der Waals surface area contributed by atoms with E-state index in [-0.39, 0.29) is 16.4 Å². The smallest absolute Gasteiger partial charge is 0.250 e. The summed E-state index contributed by atoms with van der Waals surface area (Å²) in [5.74, 6) is 1.95. The zero-order chi connectivity index (χ0) is 24.8. The van der Waals surface area contributed by atoms with Gasteiger partial charge in [-0.1, -0.05) is 60.7 Å². The van der Waals surface area contributed by atoms with Gasteiger partial charge < -0.3 is 14.3 Å². The lowest BCUT2D eigenvalue weighted by Crippen LogP contribution is -2.53. The van der Waals surface area contributed by atoms with Crippen LogP contribution in [0.1, 0.15) is 59.4 Å². The van der Waals surface area contributed by atoms with Crippen LogP contribution < -0.4 is 9.16 Å². The van der Waals surface area contributed by atoms with Crippen LogP contribution in [-0.2, 0) is 6.42 Å². The maximum Gasteiger partial charge on any atom is 0.250 e. The van der Waals surface area contributed by atoms with Gasteiger partial charge in [0.1, 0.15) is 11.5 Å². The van der Waals surface area contributed by atoms with E-state index in [1.165, 1.54) is 0 Å². The van der Waals surface area contributed by atoms with Crippen molar-refractivity contribution in [1.29, 1.82) is 0 Å². The highest BCUT2D eigenvalue weighted by atomic mass is 79.9. The molecule has 1 fully saturated rings. The first-order valence-corrected chi connectivity index (χ1v) is 19.5. The summed E-state index contributed by atoms with van der Waals surface area (Å²) in [6.45, 7) is 23.2. The van der Waals surface area contributed by atoms with E-state index < -0.39 is 22.0 Å². The molecule has 1 saturated carbocycles. The average Bonchev–Trinajstić information content (AvgIpc) is 2.56. The van der Waals surface area contributed by atoms with Crippen LogP contribution in [0, 0.1) is 11.3 Å². The number of hydrogen-bond acceptors (Lipinski definition) is 3. The van der Waals surface area contributed by atoms with E-state index in [1.54, 1.807) is 7.11 Å². The van der Waals surface area contributed by atoms with Crippen molar-refractivity contribution in [2.45, 2.75) is 110 Å². The average molecular weight is 544 g/mol. The Balaban J connectivity index is 2.56. The first-order chi connectivity index (χ1) is 14.3. The van der Waals surface area contributed by atoms with E-state index in [9.17, 15) is 5.11 Å². The van der Waals surface area contributed by atoms with Gasteiger partial charge in [0.2, 0.25) is 8.32 Å². The predicted octanol–water partition coefficient (Wildman–Crippen LogP) is 8.28. The third kappa shape index (κ3) is 6.42. The highest BCUT2D eigenvalue weighted by Gasteiger charge is 2.50. The summed E-state index contributed by atoms with van der Waals surface area (Å²) in [4.78, 5) is 0. The Bertz CT molecular complexity index is 809. The van der Waals surface area contributed by atoms with Gasteiger partial charge in [-0.05, 0) is 88.4 Å². The SMILES string of the molecule is COc1cc(CC2C(C)(C)CCCC2(O)C[Si](C)(C)C)c(O[Si](C)(C)C(C)(C)C)cc1Br. The van der Waals surface area contributed by atoms with Crippen LogP contribution in [0.2, 0.25) is 43.8 Å². The van der Waals surface area contributed by atoms with E-state index in [2.05, 4.69) is 95.4 Å². The van der Waals surface area contributed by atoms with Crippen molar-refractivity contribution in [3.8, 4) is 11.5 Å². The summed E-state index contributed by atoms with van der Waals surface area (Å²) in [5, 5.41) is 12.2. The minimum atomic E-state index is -2.02. The molecule has 184 valence electrons. The van der Waals surface area contributed by atoms with Crippen LogP contribution >= 0.6 is 15.9 Å². The summed E-state index contributed by atoms with van der Waals surface area (Å²) in [6, 6.07) is 5.16. The van der Waals surface area contributed by atoms with Gasteiger partial charge in [0, 0.05) is 8.07 Å². The molecule has 0 aliphatic heterocycles. The standard InChI is InChI=1S/C26H47BrO3Si2/c1-24(2,3)32(10,11)30-21-17-20(27)22(29-6)15-19(21)16-23-25(4,5)13-12-14-26(23,28)18-31(7,8)9/h15,17,23,28H,12-14,16,18H2,1-11H3. The van der Waals surface area contributed by atoms with Gasteiger partial charge in [-0.15, -0.1) is 0 Å². The zero-order valence-corrected chi connectivity index (χ0v) is 26.0. The normalized spacial score (nSPS) is 24.3. The van der Waals surface area contributed by atoms with Gasteiger partial charge in [0.05, 0.1) is 17.2 Å². The molecule has 32 heavy (non-hydrogen) atoms. The first kappa shape index (κ1) is 27.9. The van der Waals surface area contributed by atoms with Gasteiger partial charge in [0.15, 0.2) is 0 Å². The second-order valence-corrected chi connectivity index (χ2v) is 24.5. The van der Waals surface area contributed by atoms with Crippen molar-refractivity contribution >= 4 is 32.3 Å². The molecule has 1 aliphatic rings. The molecule has 0 spiro atoms. The second kappa shape index (κ2) is 9.39. The summed E-state index contributed by atoms with van der Waals surface area (Å²) < 4.78 is 13.4. The molecule has 0 amide bonds. The molecular weight excluding hydrogens is 496 g/mol. The van der Waals surface area contributed by atoms with Crippen molar-refractivity contribution < 1.29 is 14.3 Å². The molecule has 0 saturated heterocycles. The van der Waals surface area contributed by atoms with Crippen molar-refractivity contribution in [2.75, 3.05) is 7.11 Å². The first-order valence-electron chi connectivity index (χ1n) is 12.1. The molecule has 1 aliphatic carbocycles. The highest BCUT2D eigenvalue weighted by molar-refractivity contribution is 9.10. The summed E-state index contributed by atoms with van der Waals surface area (Å²) in [6.07, 6.45) is 3.96. The number of ether oxygens (including phenoxy) is 1. The molecule has 6 heteroatoms. The predicted molar refractivity (Wildman–Crippen MR) is 146 cm³/mol. The maximum absolute atomic E-state index is 12.1. The molecule has 0 radical (unpaired) electrons. The van der Waals surface area contributed by atoms with E-state index >= 15 is 0 Å². The lowest BCUT2D eigenvalue weighted by Gasteiger charge is -2.52. The minimum Gasteiger partial charge on any atom is -0.543 e. The molecule has 3 nitrogen and oxygen atoms in total. The van der Waals surface area contributed by atoms with Crippen LogP contribution in [-0.4, -0.2) is 34.2 Å². The monoisotopic (exact) mass is 542 g/mol. The van der Waals surface area contributed by atoms with E-state index in [1.807, 2.05) is 0 Å². The Morgan fingerprint density at radius 3 is 2.16 bits per heavy atom. The van der Waals surface area contributed by atoms with Crippen LogP contribution in [0.4, 0.5) is 0 Å². The lowest BCUT2D eigenvalue weighted by molar-refractivity contribution is -0.0891. The van der Waals surface area contributed by atoms with E-state index in [0.717, 1.165) is 53.3 Å². The van der Waals surface area contributed by atoms with Crippen LogP contribution in [0.25, 0.3) is 0 Å². The number of hydrogen-bond donors (Lipinski definition) is 1. The van der Waals surface area contributed by atoms with Crippen molar-refractivity contribution in [2.24, 2.45) is 11.3 Å². The molecular formula is C26H47BrO3Si2. The topological polar surface area (TPSA) is 38.7 Å². The third-order valence-electron chi connectivity index (χ3n) is 7.79. The fraction of sp³-hybridized carbons (Fsp3) is 0.769. The minimum absolute atomic E-state index is 0.0706. The zero-order valence-electron chi connectivity index (χ0n) is 22.4. The fourth-order valence-corrected chi connectivity index (χ4v) is 8.95. The van der Waals surface area contributed by atoms with Crippen LogP contribution in [0.3, 0.4) is 0 Å². The van der Waals surface area contributed by atoms with Crippen molar-refractivity contribution in [3.05, 3.63) is 22.2 Å². The van der Waals surface area contributed by atoms with E-state index in [0.29, 0.717) is 0 Å². The Hall–Kier alpha value is -0.306. The molecule has 2 unspecified atom stereocenters. The second-order valence-electron chi connectivity index (χ2n) is 13.4. The molecule has 0 aromatic heterocycles. The number of benzene rings is 1. The van der Waals surface area contributed by atoms with Gasteiger partial charge in [-0.25, -0.2) is 0 Å². The van der Waals surface area contributed by atoms with Gasteiger partial charge in [-0.2, -0.15) is 0 Å². The van der Waals surface area contributed by atoms with E-state index in [4.69, 9.17) is 9.16 Å². The number of halogens is 1. The van der Waals surface area contributed by atoms with Gasteiger partial charge in [0.25, 0.3) is 0 Å². The maximum atomic E-state index is 12.1. The van der Waals surface area contributed by atoms with Gasteiger partial charge in [-0.3, -0.25) is 0 Å². The molecule has 2 rings (SSSR count). The van der Waals surface area contributed by atoms with Crippen molar-refractivity contribution in [3.63, 3.8) is 0 Å². The number of aliphatic hydroxyl groups is 1. The molecule has 0 bridgehead atoms. The lowest BCUT2D eigenvalue weighted by atomic mass is 9.60. The summed E-state index contributed by atoms with van der Waals surface area (Å²) in [7, 11) is -1.76. The molecule has 1 aromatic rings. The Morgan fingerprint density at radius 2 is 1.66 bits per heavy atom. The Morgan fingerprint density at radius 1 is 1.06 bits per heavy atom. The van der Waals surface area contributed by atoms with Crippen molar-refractivity contribution in [1.82, 2.24) is 0 Å². The van der Waals surface area contributed by atoms with Crippen LogP contribution in [0.15, 0.2) is 16.6 Å². The molecule has 0 heterocycles. The molecule has 1 aromatic carbocycles. The molecule has 1 N–H and O–H groups in total. The van der Waals surface area contributed by atoms with Gasteiger partial charge >= 0.3 is 0 Å². The van der Waals surface area contributed by atoms with Crippen LogP contribution in [0.5, 0.6) is 11.5 Å². The number of methoxy groups -OCH3 is 1. The quantitative estimate of drug-likeness (QED) is 0.352. The number of rotatable bonds is 7. The third-order valence-corrected chi connectivity index (χ3v) is 14.4. The largest absolute Gasteiger partial charge is 0.543 e. The Labute approximate surface area is 207 Å². The highest BCUT2D eigenvalue weighted by Crippen LogP contribution is 2.52. The Kier molecular flexibility index (Phi) is 8.19. The summed E-state index contributed by atoms with van der Waals surface area (Å²) in [5.41, 5.74) is 0.603. The summed E-state index contributed by atoms with van der Waals surface area (Å²) >= 11 is 3.68.